The fourth-order valence-electron chi connectivity index (χ4n) is 1.87. The maximum atomic E-state index is 11.9. The van der Waals surface area contributed by atoms with Crippen molar-refractivity contribution in [1.82, 2.24) is 0 Å². The molecular formula is C17H16BrNO3. The van der Waals surface area contributed by atoms with Crippen molar-refractivity contribution in [3.05, 3.63) is 58.6 Å². The summed E-state index contributed by atoms with van der Waals surface area (Å²) in [5.41, 5.74) is 1.57. The van der Waals surface area contributed by atoms with Crippen LogP contribution in [0.4, 0.5) is 5.69 Å². The van der Waals surface area contributed by atoms with Crippen molar-refractivity contribution in [1.29, 1.82) is 0 Å². The Balaban J connectivity index is 2.08. The molecule has 0 spiro atoms. The van der Waals surface area contributed by atoms with Gasteiger partial charge in [-0.2, -0.15) is 0 Å². The van der Waals surface area contributed by atoms with Crippen molar-refractivity contribution in [3.8, 4) is 11.5 Å². The Kier molecular flexibility index (Phi) is 5.61. The van der Waals surface area contributed by atoms with Gasteiger partial charge in [0.25, 0.3) is 0 Å². The average molecular weight is 362 g/mol. The number of hydrogen-bond acceptors (Lipinski definition) is 3. The molecule has 1 amide bonds. The molecule has 0 bridgehead atoms. The molecule has 1 N–H and O–H groups in total. The molecule has 22 heavy (non-hydrogen) atoms. The SMILES string of the molecule is COc1ccc(/C=C/C(=O)Nc2ccccc2Br)cc1OC. The molecule has 2 rings (SSSR count). The zero-order valence-corrected chi connectivity index (χ0v) is 13.9. The summed E-state index contributed by atoms with van der Waals surface area (Å²) in [4.78, 5) is 11.9. The lowest BCUT2D eigenvalue weighted by molar-refractivity contribution is -0.111. The van der Waals surface area contributed by atoms with E-state index in [1.165, 1.54) is 6.08 Å². The first-order chi connectivity index (χ1) is 10.6. The number of carbonyl (C=O) groups excluding carboxylic acids is 1. The topological polar surface area (TPSA) is 47.6 Å². The van der Waals surface area contributed by atoms with Gasteiger partial charge in [-0.1, -0.05) is 18.2 Å². The van der Waals surface area contributed by atoms with Gasteiger partial charge in [0, 0.05) is 10.5 Å². The number of hydrogen-bond donors (Lipinski definition) is 1. The number of rotatable bonds is 5. The Bertz CT molecular complexity index is 698. The smallest absolute Gasteiger partial charge is 0.248 e. The molecule has 0 aliphatic rings. The first-order valence-electron chi connectivity index (χ1n) is 6.59. The molecule has 0 radical (unpaired) electrons. The highest BCUT2D eigenvalue weighted by Gasteiger charge is 2.04. The molecule has 0 saturated carbocycles. The second-order valence-corrected chi connectivity index (χ2v) is 5.27. The van der Waals surface area contributed by atoms with E-state index < -0.39 is 0 Å². The number of nitrogens with one attached hydrogen (secondary N) is 1. The molecule has 5 heteroatoms. The molecule has 114 valence electrons. The number of anilines is 1. The Morgan fingerprint density at radius 3 is 2.50 bits per heavy atom. The molecule has 4 nitrogen and oxygen atoms in total. The molecule has 0 aliphatic heterocycles. The van der Waals surface area contributed by atoms with Crippen LogP contribution in [0.2, 0.25) is 0 Å². The molecule has 2 aromatic rings. The van der Waals surface area contributed by atoms with Crippen LogP contribution in [0.25, 0.3) is 6.08 Å². The second kappa shape index (κ2) is 7.66. The van der Waals surface area contributed by atoms with E-state index in [-0.39, 0.29) is 5.91 Å². The summed E-state index contributed by atoms with van der Waals surface area (Å²) < 4.78 is 11.2. The summed E-state index contributed by atoms with van der Waals surface area (Å²) in [6, 6.07) is 12.9. The standard InChI is InChI=1S/C17H16BrNO3/c1-21-15-9-7-12(11-16(15)22-2)8-10-17(20)19-14-6-4-3-5-13(14)18/h3-11H,1-2H3,(H,19,20)/b10-8+. The summed E-state index contributed by atoms with van der Waals surface area (Å²) in [5, 5.41) is 2.80. The van der Waals surface area contributed by atoms with Crippen LogP contribution in [0.3, 0.4) is 0 Å². The Hall–Kier alpha value is -2.27. The van der Waals surface area contributed by atoms with Gasteiger partial charge < -0.3 is 14.8 Å². The predicted molar refractivity (Wildman–Crippen MR) is 91.4 cm³/mol. The number of ether oxygens (including phenoxy) is 2. The number of para-hydroxylation sites is 1. The highest BCUT2D eigenvalue weighted by molar-refractivity contribution is 9.10. The van der Waals surface area contributed by atoms with E-state index in [4.69, 9.17) is 9.47 Å². The van der Waals surface area contributed by atoms with Crippen molar-refractivity contribution in [2.75, 3.05) is 19.5 Å². The van der Waals surface area contributed by atoms with Gasteiger partial charge >= 0.3 is 0 Å². The average Bonchev–Trinajstić information content (AvgIpc) is 2.54. The van der Waals surface area contributed by atoms with E-state index in [1.807, 2.05) is 30.3 Å². The normalized spacial score (nSPS) is 10.5. The van der Waals surface area contributed by atoms with Crippen LogP contribution >= 0.6 is 15.9 Å². The third-order valence-electron chi connectivity index (χ3n) is 2.97. The minimum absolute atomic E-state index is 0.207. The van der Waals surface area contributed by atoms with E-state index in [2.05, 4.69) is 21.2 Å². The van der Waals surface area contributed by atoms with Crippen molar-refractivity contribution >= 4 is 33.6 Å². The lowest BCUT2D eigenvalue weighted by atomic mass is 10.2. The molecule has 0 saturated heterocycles. The first-order valence-corrected chi connectivity index (χ1v) is 7.39. The maximum absolute atomic E-state index is 11.9. The van der Waals surface area contributed by atoms with E-state index >= 15 is 0 Å². The molecule has 0 atom stereocenters. The van der Waals surface area contributed by atoms with Gasteiger partial charge in [0.1, 0.15) is 0 Å². The van der Waals surface area contributed by atoms with E-state index in [0.717, 1.165) is 15.7 Å². The quantitative estimate of drug-likeness (QED) is 0.814. The summed E-state index contributed by atoms with van der Waals surface area (Å²) in [7, 11) is 3.16. The number of carbonyl (C=O) groups is 1. The Labute approximate surface area is 137 Å². The molecule has 0 aromatic heterocycles. The molecule has 0 heterocycles. The van der Waals surface area contributed by atoms with Crippen LogP contribution in [0, 0.1) is 0 Å². The summed E-state index contributed by atoms with van der Waals surface area (Å²) in [6.07, 6.45) is 3.19. The lowest BCUT2D eigenvalue weighted by Gasteiger charge is -2.07. The molecule has 0 unspecified atom stereocenters. The van der Waals surface area contributed by atoms with Crippen LogP contribution in [0.1, 0.15) is 5.56 Å². The van der Waals surface area contributed by atoms with Crippen molar-refractivity contribution in [2.45, 2.75) is 0 Å². The van der Waals surface area contributed by atoms with Crippen LogP contribution in [-0.4, -0.2) is 20.1 Å². The minimum atomic E-state index is -0.207. The van der Waals surface area contributed by atoms with Crippen molar-refractivity contribution in [2.24, 2.45) is 0 Å². The summed E-state index contributed by atoms with van der Waals surface area (Å²) >= 11 is 3.39. The van der Waals surface area contributed by atoms with Gasteiger partial charge in [0.05, 0.1) is 19.9 Å². The first kappa shape index (κ1) is 16.1. The summed E-state index contributed by atoms with van der Waals surface area (Å²) in [6.45, 7) is 0. The molecule has 2 aromatic carbocycles. The summed E-state index contributed by atoms with van der Waals surface area (Å²) in [5.74, 6) is 1.06. The van der Waals surface area contributed by atoms with Crippen molar-refractivity contribution < 1.29 is 14.3 Å². The number of halogens is 1. The fraction of sp³-hybridized carbons (Fsp3) is 0.118. The Morgan fingerprint density at radius 1 is 1.09 bits per heavy atom. The Morgan fingerprint density at radius 2 is 1.82 bits per heavy atom. The highest BCUT2D eigenvalue weighted by Crippen LogP contribution is 2.28. The predicted octanol–water partition coefficient (Wildman–Crippen LogP) is 4.12. The lowest BCUT2D eigenvalue weighted by Crippen LogP contribution is -2.08. The molecule has 0 fully saturated rings. The fourth-order valence-corrected chi connectivity index (χ4v) is 2.25. The van der Waals surface area contributed by atoms with Crippen LogP contribution in [-0.2, 0) is 4.79 Å². The monoisotopic (exact) mass is 361 g/mol. The van der Waals surface area contributed by atoms with E-state index in [1.54, 1.807) is 32.4 Å². The maximum Gasteiger partial charge on any atom is 0.248 e. The molecule has 0 aliphatic carbocycles. The van der Waals surface area contributed by atoms with Crippen molar-refractivity contribution in [3.63, 3.8) is 0 Å². The molecular weight excluding hydrogens is 346 g/mol. The van der Waals surface area contributed by atoms with E-state index in [0.29, 0.717) is 11.5 Å². The van der Waals surface area contributed by atoms with Gasteiger partial charge in [0.2, 0.25) is 5.91 Å². The van der Waals surface area contributed by atoms with Gasteiger partial charge in [0.15, 0.2) is 11.5 Å². The largest absolute Gasteiger partial charge is 0.493 e. The van der Waals surface area contributed by atoms with Gasteiger partial charge in [-0.15, -0.1) is 0 Å². The second-order valence-electron chi connectivity index (χ2n) is 4.42. The van der Waals surface area contributed by atoms with Gasteiger partial charge in [-0.3, -0.25) is 4.79 Å². The van der Waals surface area contributed by atoms with E-state index in [9.17, 15) is 4.79 Å². The highest BCUT2D eigenvalue weighted by atomic mass is 79.9. The minimum Gasteiger partial charge on any atom is -0.493 e. The third kappa shape index (κ3) is 4.11. The third-order valence-corrected chi connectivity index (χ3v) is 3.66. The zero-order valence-electron chi connectivity index (χ0n) is 12.3. The number of benzene rings is 2. The van der Waals surface area contributed by atoms with Crippen LogP contribution in [0.15, 0.2) is 53.0 Å². The van der Waals surface area contributed by atoms with Crippen LogP contribution < -0.4 is 14.8 Å². The number of methoxy groups -OCH3 is 2. The van der Waals surface area contributed by atoms with Crippen LogP contribution in [0.5, 0.6) is 11.5 Å². The zero-order chi connectivity index (χ0) is 15.9. The van der Waals surface area contributed by atoms with Gasteiger partial charge in [-0.25, -0.2) is 0 Å². The van der Waals surface area contributed by atoms with Gasteiger partial charge in [-0.05, 0) is 51.8 Å². The number of amides is 1.